The molecule has 2 rings (SSSR count). The van der Waals surface area contributed by atoms with Crippen molar-refractivity contribution in [1.82, 2.24) is 5.32 Å². The molecule has 0 spiro atoms. The number of benzene rings is 1. The maximum atomic E-state index is 11.3. The Labute approximate surface area is 116 Å². The van der Waals surface area contributed by atoms with Gasteiger partial charge in [0.25, 0.3) is 5.69 Å². The van der Waals surface area contributed by atoms with Gasteiger partial charge in [-0.25, -0.2) is 8.42 Å². The number of non-ortho nitro benzene ring substituents is 1. The van der Waals surface area contributed by atoms with E-state index in [1.54, 1.807) is 6.08 Å². The zero-order chi connectivity index (χ0) is 14.8. The summed E-state index contributed by atoms with van der Waals surface area (Å²) < 4.78 is 27.7. The van der Waals surface area contributed by atoms with Crippen molar-refractivity contribution in [2.75, 3.05) is 12.9 Å². The fraction of sp³-hybridized carbons (Fsp3) is 0.333. The Morgan fingerprint density at radius 1 is 1.50 bits per heavy atom. The number of methoxy groups -OCH3 is 1. The fourth-order valence-corrected chi connectivity index (χ4v) is 3.23. The number of sulfone groups is 1. The molecule has 1 N–H and O–H groups in total. The average Bonchev–Trinajstić information content (AvgIpc) is 2.75. The zero-order valence-corrected chi connectivity index (χ0v) is 11.6. The highest BCUT2D eigenvalue weighted by atomic mass is 32.2. The van der Waals surface area contributed by atoms with Gasteiger partial charge in [-0.2, -0.15) is 0 Å². The van der Waals surface area contributed by atoms with Gasteiger partial charge in [0.1, 0.15) is 5.75 Å². The first-order valence-electron chi connectivity index (χ1n) is 5.87. The van der Waals surface area contributed by atoms with E-state index < -0.39 is 14.8 Å². The number of nitro benzene ring substituents is 1. The maximum absolute atomic E-state index is 11.3. The lowest BCUT2D eigenvalue weighted by Crippen LogP contribution is -2.29. The third-order valence-electron chi connectivity index (χ3n) is 2.96. The van der Waals surface area contributed by atoms with Crippen molar-refractivity contribution < 1.29 is 18.1 Å². The minimum atomic E-state index is -3.12. The molecule has 0 fully saturated rings. The predicted molar refractivity (Wildman–Crippen MR) is 73.2 cm³/mol. The van der Waals surface area contributed by atoms with Gasteiger partial charge in [-0.1, -0.05) is 6.08 Å². The van der Waals surface area contributed by atoms with Gasteiger partial charge < -0.3 is 10.1 Å². The van der Waals surface area contributed by atoms with Crippen LogP contribution < -0.4 is 10.1 Å². The van der Waals surface area contributed by atoms with Crippen LogP contribution in [0, 0.1) is 10.1 Å². The first kappa shape index (κ1) is 14.5. The van der Waals surface area contributed by atoms with E-state index in [1.165, 1.54) is 30.7 Å². The van der Waals surface area contributed by atoms with E-state index in [4.69, 9.17) is 4.74 Å². The van der Waals surface area contributed by atoms with E-state index in [9.17, 15) is 18.5 Å². The highest BCUT2D eigenvalue weighted by Crippen LogP contribution is 2.24. The molecule has 1 unspecified atom stereocenters. The van der Waals surface area contributed by atoms with Crippen molar-refractivity contribution in [3.8, 4) is 5.75 Å². The van der Waals surface area contributed by atoms with Crippen molar-refractivity contribution in [3.63, 3.8) is 0 Å². The molecule has 0 saturated carbocycles. The summed E-state index contributed by atoms with van der Waals surface area (Å²) in [4.78, 5) is 10.3. The number of nitrogens with zero attached hydrogens (tertiary/aromatic N) is 1. The van der Waals surface area contributed by atoms with Gasteiger partial charge in [0, 0.05) is 35.7 Å². The van der Waals surface area contributed by atoms with E-state index in [0.29, 0.717) is 11.3 Å². The Morgan fingerprint density at radius 2 is 2.25 bits per heavy atom. The van der Waals surface area contributed by atoms with Gasteiger partial charge in [0.2, 0.25) is 0 Å². The van der Waals surface area contributed by atoms with Crippen LogP contribution in [0.4, 0.5) is 5.69 Å². The van der Waals surface area contributed by atoms with Gasteiger partial charge in [0.05, 0.1) is 17.8 Å². The number of hydrogen-bond acceptors (Lipinski definition) is 6. The molecule has 108 valence electrons. The predicted octanol–water partition coefficient (Wildman–Crippen LogP) is 1.00. The maximum Gasteiger partial charge on any atom is 0.270 e. The van der Waals surface area contributed by atoms with Crippen LogP contribution >= 0.6 is 0 Å². The number of rotatable bonds is 5. The third kappa shape index (κ3) is 3.34. The lowest BCUT2D eigenvalue weighted by atomic mass is 10.1. The Bertz CT molecular complexity index is 654. The highest BCUT2D eigenvalue weighted by molar-refractivity contribution is 7.94. The number of ether oxygens (including phenoxy) is 1. The molecule has 8 heteroatoms. The van der Waals surface area contributed by atoms with E-state index in [2.05, 4.69) is 5.32 Å². The zero-order valence-electron chi connectivity index (χ0n) is 10.8. The van der Waals surface area contributed by atoms with Gasteiger partial charge in [0.15, 0.2) is 9.84 Å². The van der Waals surface area contributed by atoms with E-state index >= 15 is 0 Å². The Hall–Kier alpha value is -1.93. The van der Waals surface area contributed by atoms with Crippen LogP contribution in [0.15, 0.2) is 29.7 Å². The molecule has 0 saturated heterocycles. The SMILES string of the molecule is COc1ccc([N+](=O)[O-])cc1CNC1C=CS(=O)(=O)C1. The summed E-state index contributed by atoms with van der Waals surface area (Å²) in [5.41, 5.74) is 0.580. The van der Waals surface area contributed by atoms with Crippen LogP contribution in [0.3, 0.4) is 0 Å². The molecule has 0 amide bonds. The van der Waals surface area contributed by atoms with Crippen molar-refractivity contribution >= 4 is 15.5 Å². The number of nitro groups is 1. The van der Waals surface area contributed by atoms with Crippen molar-refractivity contribution in [2.45, 2.75) is 12.6 Å². The summed E-state index contributed by atoms with van der Waals surface area (Å²) in [5, 5.41) is 15.0. The van der Waals surface area contributed by atoms with E-state index in [0.717, 1.165) is 0 Å². The van der Waals surface area contributed by atoms with Crippen LogP contribution in [0.1, 0.15) is 5.56 Å². The fourth-order valence-electron chi connectivity index (χ4n) is 1.96. The summed E-state index contributed by atoms with van der Waals surface area (Å²) in [6.45, 7) is 0.287. The lowest BCUT2D eigenvalue weighted by molar-refractivity contribution is -0.384. The second-order valence-electron chi connectivity index (χ2n) is 4.40. The highest BCUT2D eigenvalue weighted by Gasteiger charge is 2.21. The van der Waals surface area contributed by atoms with E-state index in [1.807, 2.05) is 0 Å². The number of nitrogens with one attached hydrogen (secondary N) is 1. The largest absolute Gasteiger partial charge is 0.496 e. The molecule has 7 nitrogen and oxygen atoms in total. The summed E-state index contributed by atoms with van der Waals surface area (Å²) >= 11 is 0. The first-order chi connectivity index (χ1) is 9.41. The molecule has 1 aliphatic heterocycles. The van der Waals surface area contributed by atoms with Crippen LogP contribution in [0.5, 0.6) is 5.75 Å². The molecule has 0 aromatic heterocycles. The monoisotopic (exact) mass is 298 g/mol. The number of hydrogen-bond donors (Lipinski definition) is 1. The topological polar surface area (TPSA) is 98.5 Å². The molecular formula is C12H14N2O5S. The summed E-state index contributed by atoms with van der Waals surface area (Å²) in [7, 11) is -1.64. The van der Waals surface area contributed by atoms with Crippen LogP contribution in [-0.2, 0) is 16.4 Å². The van der Waals surface area contributed by atoms with Crippen LogP contribution in [-0.4, -0.2) is 32.2 Å². The minimum absolute atomic E-state index is 0.00421. The minimum Gasteiger partial charge on any atom is -0.496 e. The summed E-state index contributed by atoms with van der Waals surface area (Å²) in [6, 6.07) is 4.02. The molecule has 20 heavy (non-hydrogen) atoms. The molecule has 1 aliphatic rings. The van der Waals surface area contributed by atoms with Gasteiger partial charge in [-0.15, -0.1) is 0 Å². The average molecular weight is 298 g/mol. The normalized spacial score (nSPS) is 19.9. The van der Waals surface area contributed by atoms with Gasteiger partial charge >= 0.3 is 0 Å². The second kappa shape index (κ2) is 5.59. The molecule has 1 aromatic carbocycles. The van der Waals surface area contributed by atoms with Crippen molar-refractivity contribution in [1.29, 1.82) is 0 Å². The van der Waals surface area contributed by atoms with Gasteiger partial charge in [-0.05, 0) is 6.07 Å². The Morgan fingerprint density at radius 3 is 2.80 bits per heavy atom. The third-order valence-corrected chi connectivity index (χ3v) is 4.36. The molecule has 0 radical (unpaired) electrons. The van der Waals surface area contributed by atoms with E-state index in [-0.39, 0.29) is 24.0 Å². The Balaban J connectivity index is 2.10. The molecule has 0 bridgehead atoms. The van der Waals surface area contributed by atoms with Crippen molar-refractivity contribution in [3.05, 3.63) is 45.4 Å². The molecule has 1 atom stereocenters. The smallest absolute Gasteiger partial charge is 0.270 e. The lowest BCUT2D eigenvalue weighted by Gasteiger charge is -2.12. The molecule has 0 aliphatic carbocycles. The molecule has 1 aromatic rings. The Kier molecular flexibility index (Phi) is 4.05. The summed E-state index contributed by atoms with van der Waals surface area (Å²) in [6.07, 6.45) is 1.57. The molecular weight excluding hydrogens is 284 g/mol. The van der Waals surface area contributed by atoms with Crippen molar-refractivity contribution in [2.24, 2.45) is 0 Å². The van der Waals surface area contributed by atoms with Gasteiger partial charge in [-0.3, -0.25) is 10.1 Å². The molecule has 1 heterocycles. The first-order valence-corrected chi connectivity index (χ1v) is 7.58. The second-order valence-corrected chi connectivity index (χ2v) is 6.33. The standard InChI is InChI=1S/C12H14N2O5S/c1-19-12-3-2-11(14(15)16)6-9(12)7-13-10-4-5-20(17,18)8-10/h2-6,10,13H,7-8H2,1H3. The quantitative estimate of drug-likeness (QED) is 0.643. The van der Waals surface area contributed by atoms with Crippen LogP contribution in [0.25, 0.3) is 0 Å². The van der Waals surface area contributed by atoms with Crippen LogP contribution in [0.2, 0.25) is 0 Å². The summed E-state index contributed by atoms with van der Waals surface area (Å²) in [5.74, 6) is 0.525.